The minimum absolute atomic E-state index is 0.00766. The van der Waals surface area contributed by atoms with Crippen molar-refractivity contribution in [2.24, 2.45) is 5.92 Å². The number of piperidine rings is 1. The Morgan fingerprint density at radius 3 is 2.61 bits per heavy atom. The fraction of sp³-hybridized carbons (Fsp3) is 0.333. The van der Waals surface area contributed by atoms with Crippen molar-refractivity contribution in [1.82, 2.24) is 4.72 Å². The largest absolute Gasteiger partial charge is 0.466 e. The highest BCUT2D eigenvalue weighted by atomic mass is 32.2. The predicted octanol–water partition coefficient (Wildman–Crippen LogP) is 4.49. The third-order valence-corrected chi connectivity index (χ3v) is 8.73. The summed E-state index contributed by atoms with van der Waals surface area (Å²) in [5, 5.41) is 2.80. The zero-order valence-electron chi connectivity index (χ0n) is 23.0. The zero-order valence-corrected chi connectivity index (χ0v) is 23.8. The fourth-order valence-electron chi connectivity index (χ4n) is 5.06. The molecule has 11 heteroatoms. The molecular formula is C30H33N3O7S. The van der Waals surface area contributed by atoms with Crippen LogP contribution in [0.4, 0.5) is 11.4 Å². The van der Waals surface area contributed by atoms with Gasteiger partial charge in [0.15, 0.2) is 11.5 Å². The van der Waals surface area contributed by atoms with Crippen molar-refractivity contribution in [3.05, 3.63) is 77.9 Å². The van der Waals surface area contributed by atoms with Gasteiger partial charge in [0.05, 0.1) is 18.2 Å². The molecule has 1 fully saturated rings. The number of sulfonamides is 1. The molecule has 2 atom stereocenters. The Morgan fingerprint density at radius 1 is 1.05 bits per heavy atom. The van der Waals surface area contributed by atoms with Crippen molar-refractivity contribution >= 4 is 33.3 Å². The summed E-state index contributed by atoms with van der Waals surface area (Å²) in [4.78, 5) is 27.5. The summed E-state index contributed by atoms with van der Waals surface area (Å²) < 4.78 is 46.4. The second kappa shape index (κ2) is 12.2. The Kier molecular flexibility index (Phi) is 8.46. The third kappa shape index (κ3) is 6.47. The van der Waals surface area contributed by atoms with Crippen molar-refractivity contribution in [1.29, 1.82) is 0 Å². The van der Waals surface area contributed by atoms with Gasteiger partial charge in [0, 0.05) is 30.4 Å². The van der Waals surface area contributed by atoms with E-state index in [2.05, 4.69) is 10.0 Å². The predicted molar refractivity (Wildman–Crippen MR) is 154 cm³/mol. The second-order valence-corrected chi connectivity index (χ2v) is 11.7. The Morgan fingerprint density at radius 2 is 1.83 bits per heavy atom. The number of benzene rings is 3. The number of anilines is 2. The molecule has 5 rings (SSSR count). The number of nitrogens with zero attached hydrogens (tertiary/aromatic N) is 1. The summed E-state index contributed by atoms with van der Waals surface area (Å²) in [6.07, 6.45) is 1.38. The van der Waals surface area contributed by atoms with E-state index in [1.54, 1.807) is 44.2 Å². The van der Waals surface area contributed by atoms with E-state index < -0.39 is 22.0 Å². The standard InChI is InChI=1S/C30H33N3O7S/c1-3-38-30(35)23-10-7-15-33(18-23)25-13-12-24(31-29(34)22-11-14-26-27(16-22)40-19-39-26)17-28(25)41(36,37)32-20(2)21-8-5-4-6-9-21/h4-6,8-9,11-14,16-17,20,23,32H,3,7,10,15,18-19H2,1-2H3,(H,31,34)/t20-,23+/m1/s1. The van der Waals surface area contributed by atoms with Crippen LogP contribution in [-0.4, -0.2) is 46.8 Å². The van der Waals surface area contributed by atoms with Gasteiger partial charge < -0.3 is 24.4 Å². The van der Waals surface area contributed by atoms with Crippen LogP contribution in [0.5, 0.6) is 11.5 Å². The lowest BCUT2D eigenvalue weighted by molar-refractivity contribution is -0.148. The maximum Gasteiger partial charge on any atom is 0.310 e. The van der Waals surface area contributed by atoms with Gasteiger partial charge in [0.25, 0.3) is 5.91 Å². The van der Waals surface area contributed by atoms with Gasteiger partial charge in [-0.3, -0.25) is 9.59 Å². The molecular weight excluding hydrogens is 546 g/mol. The van der Waals surface area contributed by atoms with Gasteiger partial charge in [-0.1, -0.05) is 30.3 Å². The van der Waals surface area contributed by atoms with Crippen LogP contribution in [0.15, 0.2) is 71.6 Å². The first kappa shape index (κ1) is 28.4. The number of rotatable bonds is 9. The monoisotopic (exact) mass is 579 g/mol. The molecule has 41 heavy (non-hydrogen) atoms. The van der Waals surface area contributed by atoms with E-state index in [0.717, 1.165) is 5.56 Å². The zero-order chi connectivity index (χ0) is 29.0. The average molecular weight is 580 g/mol. The van der Waals surface area contributed by atoms with E-state index in [-0.39, 0.29) is 30.2 Å². The van der Waals surface area contributed by atoms with E-state index >= 15 is 0 Å². The molecule has 10 nitrogen and oxygen atoms in total. The lowest BCUT2D eigenvalue weighted by Gasteiger charge is -2.34. The molecule has 1 saturated heterocycles. The van der Waals surface area contributed by atoms with Gasteiger partial charge in [-0.2, -0.15) is 0 Å². The first-order valence-corrected chi connectivity index (χ1v) is 15.1. The van der Waals surface area contributed by atoms with E-state index in [4.69, 9.17) is 14.2 Å². The molecule has 2 heterocycles. The number of esters is 1. The normalized spacial score (nSPS) is 17.1. The molecule has 2 N–H and O–H groups in total. The van der Waals surface area contributed by atoms with Crippen LogP contribution in [0, 0.1) is 5.92 Å². The van der Waals surface area contributed by atoms with Crippen molar-refractivity contribution in [3.8, 4) is 11.5 Å². The number of hydrogen-bond acceptors (Lipinski definition) is 8. The third-order valence-electron chi connectivity index (χ3n) is 7.16. The Labute approximate surface area is 239 Å². The molecule has 0 unspecified atom stereocenters. The van der Waals surface area contributed by atoms with Gasteiger partial charge in [-0.05, 0) is 68.7 Å². The van der Waals surface area contributed by atoms with Crippen molar-refractivity contribution in [2.75, 3.05) is 36.7 Å². The number of fused-ring (bicyclic) bond motifs is 1. The molecule has 0 aliphatic carbocycles. The number of hydrogen-bond donors (Lipinski definition) is 2. The van der Waals surface area contributed by atoms with Crippen LogP contribution in [0.3, 0.4) is 0 Å². The maximum atomic E-state index is 13.9. The summed E-state index contributed by atoms with van der Waals surface area (Å²) >= 11 is 0. The number of nitrogens with one attached hydrogen (secondary N) is 2. The van der Waals surface area contributed by atoms with Crippen LogP contribution < -0.4 is 24.4 Å². The lowest BCUT2D eigenvalue weighted by atomic mass is 9.97. The van der Waals surface area contributed by atoms with E-state index in [0.29, 0.717) is 54.4 Å². The number of carbonyl (C=O) groups is 2. The van der Waals surface area contributed by atoms with Crippen LogP contribution in [0.1, 0.15) is 48.7 Å². The van der Waals surface area contributed by atoms with Crippen LogP contribution in [0.25, 0.3) is 0 Å². The molecule has 3 aromatic rings. The first-order chi connectivity index (χ1) is 19.7. The van der Waals surface area contributed by atoms with Crippen molar-refractivity contribution in [2.45, 2.75) is 37.6 Å². The topological polar surface area (TPSA) is 123 Å². The molecule has 0 spiro atoms. The van der Waals surface area contributed by atoms with Crippen LogP contribution in [-0.2, 0) is 19.6 Å². The quantitative estimate of drug-likeness (QED) is 0.356. The lowest BCUT2D eigenvalue weighted by Crippen LogP contribution is -2.40. The molecule has 0 saturated carbocycles. The van der Waals surface area contributed by atoms with Gasteiger partial charge in [0.1, 0.15) is 4.90 Å². The van der Waals surface area contributed by atoms with Crippen LogP contribution in [0.2, 0.25) is 0 Å². The number of amides is 1. The fourth-order valence-corrected chi connectivity index (χ4v) is 6.55. The molecule has 3 aromatic carbocycles. The maximum absolute atomic E-state index is 13.9. The highest BCUT2D eigenvalue weighted by Gasteiger charge is 2.31. The summed E-state index contributed by atoms with van der Waals surface area (Å²) in [5.74, 6) is -0.0478. The summed E-state index contributed by atoms with van der Waals surface area (Å²) in [5.41, 5.74) is 1.91. The van der Waals surface area contributed by atoms with Gasteiger partial charge in [-0.25, -0.2) is 13.1 Å². The molecule has 216 valence electrons. The molecule has 0 bridgehead atoms. The highest BCUT2D eigenvalue weighted by Crippen LogP contribution is 2.35. The summed E-state index contributed by atoms with van der Waals surface area (Å²) in [6.45, 7) is 4.82. The molecule has 0 radical (unpaired) electrons. The minimum Gasteiger partial charge on any atom is -0.466 e. The highest BCUT2D eigenvalue weighted by molar-refractivity contribution is 7.89. The van der Waals surface area contributed by atoms with Crippen LogP contribution >= 0.6 is 0 Å². The van der Waals surface area contributed by atoms with Gasteiger partial charge in [0.2, 0.25) is 16.8 Å². The summed E-state index contributed by atoms with van der Waals surface area (Å²) in [7, 11) is -4.06. The van der Waals surface area contributed by atoms with E-state index in [9.17, 15) is 18.0 Å². The molecule has 1 amide bonds. The Bertz CT molecular complexity index is 1530. The molecule has 2 aliphatic heterocycles. The van der Waals surface area contributed by atoms with E-state index in [1.165, 1.54) is 6.07 Å². The minimum atomic E-state index is -4.06. The number of carbonyl (C=O) groups excluding carboxylic acids is 2. The smallest absolute Gasteiger partial charge is 0.310 e. The average Bonchev–Trinajstić information content (AvgIpc) is 3.46. The first-order valence-electron chi connectivity index (χ1n) is 13.6. The van der Waals surface area contributed by atoms with Gasteiger partial charge in [-0.15, -0.1) is 0 Å². The van der Waals surface area contributed by atoms with Gasteiger partial charge >= 0.3 is 5.97 Å². The molecule has 0 aromatic heterocycles. The van der Waals surface area contributed by atoms with Crippen molar-refractivity contribution in [3.63, 3.8) is 0 Å². The number of ether oxygens (including phenoxy) is 3. The second-order valence-electron chi connectivity index (χ2n) is 10.00. The van der Waals surface area contributed by atoms with Crippen molar-refractivity contribution < 1.29 is 32.2 Å². The SMILES string of the molecule is CCOC(=O)[C@H]1CCCN(c2ccc(NC(=O)c3ccc4c(c3)OCO4)cc2S(=O)(=O)N[C@H](C)c2ccccc2)C1. The Balaban J connectivity index is 1.45. The van der Waals surface area contributed by atoms with E-state index in [1.807, 2.05) is 35.2 Å². The summed E-state index contributed by atoms with van der Waals surface area (Å²) in [6, 6.07) is 18.4. The molecule has 2 aliphatic rings. The Hall–Kier alpha value is -4.09.